The summed E-state index contributed by atoms with van der Waals surface area (Å²) in [5.41, 5.74) is 2.36. The smallest absolute Gasteiger partial charge is 0.163 e. The average Bonchev–Trinajstić information content (AvgIpc) is 1.64. The number of pyridine rings is 1. The monoisotopic (exact) mass is 103 g/mol. The Morgan fingerprint density at radius 1 is 1.38 bits per heavy atom. The van der Waals surface area contributed by atoms with Gasteiger partial charge in [0.15, 0.2) is 7.85 Å². The lowest BCUT2D eigenvalue weighted by Crippen LogP contribution is -2.15. The van der Waals surface area contributed by atoms with Gasteiger partial charge >= 0.3 is 0 Å². The van der Waals surface area contributed by atoms with Crippen molar-refractivity contribution in [3.63, 3.8) is 0 Å². The summed E-state index contributed by atoms with van der Waals surface area (Å²) < 4.78 is 0. The summed E-state index contributed by atoms with van der Waals surface area (Å²) in [7, 11) is 4.06. The molecule has 0 saturated carbocycles. The molecule has 1 heterocycles. The Hall–Kier alpha value is -0.720. The fourth-order valence-electron chi connectivity index (χ4n) is 0.687. The summed E-state index contributed by atoms with van der Waals surface area (Å²) in [6, 6.07) is 4.05. The van der Waals surface area contributed by atoms with Crippen LogP contribution in [0.1, 0.15) is 0 Å². The van der Waals surface area contributed by atoms with Gasteiger partial charge < -0.3 is 0 Å². The molecule has 0 amide bonds. The number of hydrogen-bond acceptors (Lipinski definition) is 1. The van der Waals surface area contributed by atoms with Crippen molar-refractivity contribution in [1.29, 1.82) is 0 Å². The molecule has 0 aliphatic heterocycles. The second-order valence-electron chi connectivity index (χ2n) is 1.97. The Morgan fingerprint density at radius 3 is 2.50 bits per heavy atom. The Morgan fingerprint density at radius 2 is 2.12 bits per heavy atom. The first-order valence-corrected chi connectivity index (χ1v) is 2.68. The normalized spacial score (nSPS) is 9.00. The number of hydrogen-bond donors (Lipinski definition) is 0. The van der Waals surface area contributed by atoms with Crippen molar-refractivity contribution < 1.29 is 0 Å². The first kappa shape index (κ1) is 5.42. The van der Waals surface area contributed by atoms with Crippen molar-refractivity contribution in [2.75, 3.05) is 0 Å². The first-order chi connectivity index (χ1) is 3.79. The largest absolute Gasteiger partial charge is 0.272 e. The molecule has 0 atom stereocenters. The van der Waals surface area contributed by atoms with Crippen molar-refractivity contribution in [3.05, 3.63) is 18.3 Å². The highest BCUT2D eigenvalue weighted by molar-refractivity contribution is 6.36. The molecule has 0 fully saturated rings. The van der Waals surface area contributed by atoms with Gasteiger partial charge in [0.25, 0.3) is 0 Å². The summed E-state index contributed by atoms with van der Waals surface area (Å²) in [4.78, 5) is 4.04. The van der Waals surface area contributed by atoms with Gasteiger partial charge in [0.2, 0.25) is 0 Å². The molecule has 0 spiro atoms. The lowest BCUT2D eigenvalue weighted by molar-refractivity contribution is 1.40. The summed E-state index contributed by atoms with van der Waals surface area (Å²) in [6.07, 6.45) is 1.82. The summed E-state index contributed by atoms with van der Waals surface area (Å²) in [5.74, 6) is 0. The standard InChI is InChI=1S/C5H7B2N/c6-4-1-2-8-5(7)3-4/h1-3H,6-7H2. The van der Waals surface area contributed by atoms with E-state index in [9.17, 15) is 0 Å². The van der Waals surface area contributed by atoms with Crippen LogP contribution in [0.2, 0.25) is 0 Å². The summed E-state index contributed by atoms with van der Waals surface area (Å²) in [6.45, 7) is 0. The van der Waals surface area contributed by atoms with E-state index in [2.05, 4.69) is 18.9 Å². The average molecular weight is 103 g/mol. The van der Waals surface area contributed by atoms with E-state index in [0.717, 1.165) is 5.59 Å². The van der Waals surface area contributed by atoms with Crippen LogP contribution >= 0.6 is 0 Å². The van der Waals surface area contributed by atoms with E-state index in [4.69, 9.17) is 0 Å². The van der Waals surface area contributed by atoms with Crippen LogP contribution in [0, 0.1) is 0 Å². The van der Waals surface area contributed by atoms with Crippen molar-refractivity contribution in [1.82, 2.24) is 4.98 Å². The molecule has 0 aliphatic rings. The van der Waals surface area contributed by atoms with E-state index in [1.165, 1.54) is 5.46 Å². The molecular formula is C5H7B2N. The highest BCUT2D eigenvalue weighted by Crippen LogP contribution is 1.66. The predicted octanol–water partition coefficient (Wildman–Crippen LogP) is -2.40. The minimum absolute atomic E-state index is 1.09. The zero-order valence-corrected chi connectivity index (χ0v) is 5.18. The van der Waals surface area contributed by atoms with E-state index < -0.39 is 0 Å². The molecule has 0 aromatic carbocycles. The van der Waals surface area contributed by atoms with E-state index in [0.29, 0.717) is 0 Å². The van der Waals surface area contributed by atoms with Crippen molar-refractivity contribution in [2.24, 2.45) is 0 Å². The number of rotatable bonds is 0. The SMILES string of the molecule is Bc1ccnc(B)c1. The molecule has 3 heteroatoms. The second kappa shape index (κ2) is 2.03. The minimum Gasteiger partial charge on any atom is -0.272 e. The van der Waals surface area contributed by atoms with Gasteiger partial charge in [-0.3, -0.25) is 4.98 Å². The Bertz CT molecular complexity index is 170. The third kappa shape index (κ3) is 1.12. The molecule has 1 nitrogen and oxygen atoms in total. The Labute approximate surface area is 51.0 Å². The van der Waals surface area contributed by atoms with Crippen LogP contribution in [0.25, 0.3) is 0 Å². The molecule has 0 saturated heterocycles. The zero-order chi connectivity index (χ0) is 5.98. The Kier molecular flexibility index (Phi) is 1.38. The van der Waals surface area contributed by atoms with Crippen LogP contribution < -0.4 is 11.1 Å². The van der Waals surface area contributed by atoms with Crippen LogP contribution in [0.15, 0.2) is 18.3 Å². The number of aromatic nitrogens is 1. The van der Waals surface area contributed by atoms with Gasteiger partial charge in [0, 0.05) is 6.20 Å². The van der Waals surface area contributed by atoms with Gasteiger partial charge in [-0.1, -0.05) is 17.6 Å². The quantitative estimate of drug-likeness (QED) is 0.333. The molecule has 1 aromatic rings. The molecule has 1 aromatic heterocycles. The van der Waals surface area contributed by atoms with Crippen molar-refractivity contribution in [3.8, 4) is 0 Å². The molecular weight excluding hydrogens is 95.7 g/mol. The first-order valence-electron chi connectivity index (χ1n) is 2.68. The zero-order valence-electron chi connectivity index (χ0n) is 5.18. The molecule has 38 valence electrons. The molecule has 0 radical (unpaired) electrons. The fourth-order valence-corrected chi connectivity index (χ4v) is 0.687. The van der Waals surface area contributed by atoms with Gasteiger partial charge in [-0.15, -0.1) is 0 Å². The third-order valence-corrected chi connectivity index (χ3v) is 1.05. The Balaban J connectivity index is 3.08. The highest BCUT2D eigenvalue weighted by atomic mass is 14.6. The van der Waals surface area contributed by atoms with Crippen LogP contribution in [0.3, 0.4) is 0 Å². The maximum atomic E-state index is 4.04. The summed E-state index contributed by atoms with van der Waals surface area (Å²) in [5, 5.41) is 0. The molecule has 0 N–H and O–H groups in total. The van der Waals surface area contributed by atoms with Crippen LogP contribution in [-0.4, -0.2) is 20.7 Å². The molecule has 0 aliphatic carbocycles. The molecule has 1 rings (SSSR count). The van der Waals surface area contributed by atoms with Crippen molar-refractivity contribution in [2.45, 2.75) is 0 Å². The topological polar surface area (TPSA) is 12.9 Å². The third-order valence-electron chi connectivity index (χ3n) is 1.05. The molecule has 8 heavy (non-hydrogen) atoms. The molecule has 0 bridgehead atoms. The molecule has 0 unspecified atom stereocenters. The van der Waals surface area contributed by atoms with Gasteiger partial charge in [0.05, 0.1) is 0 Å². The van der Waals surface area contributed by atoms with Crippen molar-refractivity contribution >= 4 is 26.7 Å². The lowest BCUT2D eigenvalue weighted by Gasteiger charge is -1.90. The van der Waals surface area contributed by atoms with E-state index in [1.54, 1.807) is 0 Å². The van der Waals surface area contributed by atoms with Crippen LogP contribution in [0.5, 0.6) is 0 Å². The predicted molar refractivity (Wildman–Crippen MR) is 40.6 cm³/mol. The second-order valence-corrected chi connectivity index (χ2v) is 1.97. The van der Waals surface area contributed by atoms with Gasteiger partial charge in [0.1, 0.15) is 7.85 Å². The van der Waals surface area contributed by atoms with Crippen LogP contribution in [-0.2, 0) is 0 Å². The lowest BCUT2D eigenvalue weighted by atomic mass is 9.92. The maximum absolute atomic E-state index is 4.04. The van der Waals surface area contributed by atoms with E-state index >= 15 is 0 Å². The van der Waals surface area contributed by atoms with Gasteiger partial charge in [-0.25, -0.2) is 0 Å². The van der Waals surface area contributed by atoms with E-state index in [-0.39, 0.29) is 0 Å². The number of nitrogens with zero attached hydrogens (tertiary/aromatic N) is 1. The minimum atomic E-state index is 1.09. The highest BCUT2D eigenvalue weighted by Gasteiger charge is 1.82. The van der Waals surface area contributed by atoms with Gasteiger partial charge in [-0.2, -0.15) is 0 Å². The fraction of sp³-hybridized carbons (Fsp3) is 0. The van der Waals surface area contributed by atoms with Gasteiger partial charge in [-0.05, 0) is 5.59 Å². The van der Waals surface area contributed by atoms with Crippen LogP contribution in [0.4, 0.5) is 0 Å². The van der Waals surface area contributed by atoms with E-state index in [1.807, 2.05) is 20.1 Å². The maximum Gasteiger partial charge on any atom is 0.163 e. The summed E-state index contributed by atoms with van der Waals surface area (Å²) >= 11 is 0.